The van der Waals surface area contributed by atoms with Crippen LogP contribution in [-0.4, -0.2) is 25.0 Å². The Morgan fingerprint density at radius 2 is 1.71 bits per heavy atom. The first-order chi connectivity index (χ1) is 13.5. The van der Waals surface area contributed by atoms with E-state index in [1.807, 2.05) is 50.2 Å². The summed E-state index contributed by atoms with van der Waals surface area (Å²) in [6.07, 6.45) is 0.667. The summed E-state index contributed by atoms with van der Waals surface area (Å²) in [6, 6.07) is 14.8. The Bertz CT molecular complexity index is 833. The van der Waals surface area contributed by atoms with Gasteiger partial charge >= 0.3 is 0 Å². The SMILES string of the molecule is COc1ccccc1CNC(=O)C1CC1C(=O)Nc1ccc(OC(C)C)cc1. The van der Waals surface area contributed by atoms with Gasteiger partial charge in [-0.3, -0.25) is 9.59 Å². The van der Waals surface area contributed by atoms with Crippen molar-refractivity contribution in [2.45, 2.75) is 32.9 Å². The van der Waals surface area contributed by atoms with E-state index in [0.29, 0.717) is 18.7 Å². The van der Waals surface area contributed by atoms with Gasteiger partial charge in [-0.25, -0.2) is 0 Å². The molecule has 2 amide bonds. The Morgan fingerprint density at radius 3 is 2.39 bits per heavy atom. The normalized spacial score (nSPS) is 17.7. The van der Waals surface area contributed by atoms with Gasteiger partial charge in [0.1, 0.15) is 11.5 Å². The highest BCUT2D eigenvalue weighted by Crippen LogP contribution is 2.39. The van der Waals surface area contributed by atoms with Crippen molar-refractivity contribution in [3.63, 3.8) is 0 Å². The van der Waals surface area contributed by atoms with Crippen LogP contribution in [0, 0.1) is 11.8 Å². The molecule has 0 aliphatic heterocycles. The lowest BCUT2D eigenvalue weighted by Crippen LogP contribution is -2.27. The number of rotatable bonds is 8. The first-order valence-corrected chi connectivity index (χ1v) is 9.45. The largest absolute Gasteiger partial charge is 0.496 e. The molecule has 0 heterocycles. The minimum Gasteiger partial charge on any atom is -0.496 e. The van der Waals surface area contributed by atoms with Crippen LogP contribution in [0.4, 0.5) is 5.69 Å². The molecule has 1 saturated carbocycles. The van der Waals surface area contributed by atoms with Gasteiger partial charge in [0.2, 0.25) is 11.8 Å². The number of anilines is 1. The second-order valence-corrected chi connectivity index (χ2v) is 7.16. The molecule has 6 nitrogen and oxygen atoms in total. The van der Waals surface area contributed by atoms with Gasteiger partial charge in [-0.15, -0.1) is 0 Å². The Kier molecular flexibility index (Phi) is 6.19. The van der Waals surface area contributed by atoms with E-state index in [4.69, 9.17) is 9.47 Å². The number of carbonyl (C=O) groups is 2. The number of nitrogens with one attached hydrogen (secondary N) is 2. The predicted octanol–water partition coefficient (Wildman–Crippen LogP) is 3.37. The fourth-order valence-corrected chi connectivity index (χ4v) is 3.06. The van der Waals surface area contributed by atoms with E-state index >= 15 is 0 Å². The molecule has 0 saturated heterocycles. The fraction of sp³-hybridized carbons (Fsp3) is 0.364. The second-order valence-electron chi connectivity index (χ2n) is 7.16. The zero-order valence-electron chi connectivity index (χ0n) is 16.4. The summed E-state index contributed by atoms with van der Waals surface area (Å²) in [5.74, 6) is 0.690. The lowest BCUT2D eigenvalue weighted by molar-refractivity contribution is -0.125. The molecule has 2 aromatic rings. The summed E-state index contributed by atoms with van der Waals surface area (Å²) >= 11 is 0. The maximum atomic E-state index is 12.4. The highest BCUT2D eigenvalue weighted by atomic mass is 16.5. The molecule has 3 rings (SSSR count). The maximum Gasteiger partial charge on any atom is 0.228 e. The highest BCUT2D eigenvalue weighted by molar-refractivity contribution is 5.99. The molecule has 28 heavy (non-hydrogen) atoms. The van der Waals surface area contributed by atoms with E-state index in [9.17, 15) is 9.59 Å². The lowest BCUT2D eigenvalue weighted by Gasteiger charge is -2.11. The van der Waals surface area contributed by atoms with Crippen molar-refractivity contribution < 1.29 is 19.1 Å². The van der Waals surface area contributed by atoms with Crippen molar-refractivity contribution in [1.29, 1.82) is 0 Å². The zero-order valence-corrected chi connectivity index (χ0v) is 16.4. The molecule has 0 spiro atoms. The molecule has 0 radical (unpaired) electrons. The third-order valence-corrected chi connectivity index (χ3v) is 4.60. The maximum absolute atomic E-state index is 12.4. The molecule has 0 bridgehead atoms. The summed E-state index contributed by atoms with van der Waals surface area (Å²) in [5.41, 5.74) is 1.60. The van der Waals surface area contributed by atoms with Crippen LogP contribution in [0.5, 0.6) is 11.5 Å². The minimum atomic E-state index is -0.288. The molecule has 1 aliphatic rings. The zero-order chi connectivity index (χ0) is 20.1. The number of para-hydroxylation sites is 1. The van der Waals surface area contributed by atoms with Gasteiger partial charge in [0.15, 0.2) is 0 Å². The Hall–Kier alpha value is -3.02. The summed E-state index contributed by atoms with van der Waals surface area (Å²) < 4.78 is 10.9. The van der Waals surface area contributed by atoms with Gasteiger partial charge in [-0.05, 0) is 50.6 Å². The van der Waals surface area contributed by atoms with Crippen LogP contribution in [-0.2, 0) is 16.1 Å². The molecule has 2 N–H and O–H groups in total. The number of methoxy groups -OCH3 is 1. The number of benzene rings is 2. The van der Waals surface area contributed by atoms with Crippen molar-refractivity contribution in [1.82, 2.24) is 5.32 Å². The smallest absolute Gasteiger partial charge is 0.228 e. The van der Waals surface area contributed by atoms with Crippen molar-refractivity contribution >= 4 is 17.5 Å². The summed E-state index contributed by atoms with van der Waals surface area (Å²) in [4.78, 5) is 24.7. The van der Waals surface area contributed by atoms with E-state index in [2.05, 4.69) is 10.6 Å². The number of hydrogen-bond donors (Lipinski definition) is 2. The van der Waals surface area contributed by atoms with Crippen molar-refractivity contribution in [3.05, 3.63) is 54.1 Å². The van der Waals surface area contributed by atoms with E-state index in [-0.39, 0.29) is 29.8 Å². The minimum absolute atomic E-state index is 0.0991. The Morgan fingerprint density at radius 1 is 1.04 bits per heavy atom. The van der Waals surface area contributed by atoms with Crippen molar-refractivity contribution in [3.8, 4) is 11.5 Å². The first kappa shape index (κ1) is 19.7. The molecular weight excluding hydrogens is 356 g/mol. The average Bonchev–Trinajstić information content (AvgIpc) is 3.48. The number of amides is 2. The average molecular weight is 382 g/mol. The van der Waals surface area contributed by atoms with Crippen molar-refractivity contribution in [2.24, 2.45) is 11.8 Å². The van der Waals surface area contributed by atoms with Crippen LogP contribution >= 0.6 is 0 Å². The van der Waals surface area contributed by atoms with Gasteiger partial charge in [0.05, 0.1) is 25.0 Å². The van der Waals surface area contributed by atoms with Gasteiger partial charge < -0.3 is 20.1 Å². The topological polar surface area (TPSA) is 76.7 Å². The highest BCUT2D eigenvalue weighted by Gasteiger charge is 2.47. The number of ether oxygens (including phenoxy) is 2. The molecular formula is C22H26N2O4. The monoisotopic (exact) mass is 382 g/mol. The molecule has 6 heteroatoms. The van der Waals surface area contributed by atoms with Crippen LogP contribution in [0.15, 0.2) is 48.5 Å². The third-order valence-electron chi connectivity index (χ3n) is 4.60. The van der Waals surface area contributed by atoms with Gasteiger partial charge in [0, 0.05) is 17.8 Å². The van der Waals surface area contributed by atoms with Crippen LogP contribution in [0.3, 0.4) is 0 Å². The molecule has 2 atom stereocenters. The molecule has 1 aliphatic carbocycles. The van der Waals surface area contributed by atoms with Gasteiger partial charge in [-0.2, -0.15) is 0 Å². The van der Waals surface area contributed by atoms with Gasteiger partial charge in [0.25, 0.3) is 0 Å². The molecule has 1 fully saturated rings. The Labute approximate surface area is 165 Å². The molecule has 148 valence electrons. The first-order valence-electron chi connectivity index (χ1n) is 9.45. The number of carbonyl (C=O) groups excluding carboxylic acids is 2. The molecule has 2 aromatic carbocycles. The summed E-state index contributed by atoms with van der Waals surface area (Å²) in [6.45, 7) is 4.30. The quantitative estimate of drug-likeness (QED) is 0.734. The third kappa shape index (κ3) is 5.03. The van der Waals surface area contributed by atoms with E-state index in [0.717, 1.165) is 17.1 Å². The predicted molar refractivity (Wildman–Crippen MR) is 107 cm³/mol. The van der Waals surface area contributed by atoms with E-state index < -0.39 is 0 Å². The Balaban J connectivity index is 1.47. The second kappa shape index (κ2) is 8.78. The van der Waals surface area contributed by atoms with Crippen molar-refractivity contribution in [2.75, 3.05) is 12.4 Å². The molecule has 0 aromatic heterocycles. The van der Waals surface area contributed by atoms with Crippen LogP contribution < -0.4 is 20.1 Å². The fourth-order valence-electron chi connectivity index (χ4n) is 3.06. The summed E-state index contributed by atoms with van der Waals surface area (Å²) in [5, 5.41) is 5.76. The van der Waals surface area contributed by atoms with Crippen LogP contribution in [0.2, 0.25) is 0 Å². The lowest BCUT2D eigenvalue weighted by atomic mass is 10.2. The van der Waals surface area contributed by atoms with Gasteiger partial charge in [-0.1, -0.05) is 18.2 Å². The van der Waals surface area contributed by atoms with E-state index in [1.54, 1.807) is 19.2 Å². The molecule has 2 unspecified atom stereocenters. The number of hydrogen-bond acceptors (Lipinski definition) is 4. The van der Waals surface area contributed by atoms with E-state index in [1.165, 1.54) is 0 Å². The standard InChI is InChI=1S/C22H26N2O4/c1-14(2)28-17-10-8-16(9-11-17)24-22(26)19-12-18(19)21(25)23-13-15-6-4-5-7-20(15)27-3/h4-11,14,18-19H,12-13H2,1-3H3,(H,23,25)(H,24,26). The van der Waals surface area contributed by atoms with Crippen LogP contribution in [0.25, 0.3) is 0 Å². The summed E-state index contributed by atoms with van der Waals surface area (Å²) in [7, 11) is 1.60. The van der Waals surface area contributed by atoms with Crippen LogP contribution in [0.1, 0.15) is 25.8 Å².